The summed E-state index contributed by atoms with van der Waals surface area (Å²) in [5, 5.41) is 20.7. The number of hydrogen-bond donors (Lipinski definition) is 2. The second-order valence-corrected chi connectivity index (χ2v) is 7.36. The molecule has 2 N–H and O–H groups in total. The number of aliphatic hydroxyl groups excluding tert-OH is 2. The van der Waals surface area contributed by atoms with Crippen LogP contribution in [0.4, 0.5) is 0 Å². The predicted molar refractivity (Wildman–Crippen MR) is 104 cm³/mol. The maximum Gasteiger partial charge on any atom is 0.0717 e. The Bertz CT molecular complexity index is 859. The zero-order valence-corrected chi connectivity index (χ0v) is 15.0. The van der Waals surface area contributed by atoms with E-state index in [9.17, 15) is 10.2 Å². The number of aliphatic hydroxyl groups is 2. The summed E-state index contributed by atoms with van der Waals surface area (Å²) >= 11 is 0. The molecule has 0 unspecified atom stereocenters. The lowest BCUT2D eigenvalue weighted by molar-refractivity contribution is -0.00443. The third-order valence-corrected chi connectivity index (χ3v) is 5.48. The third kappa shape index (κ3) is 3.68. The van der Waals surface area contributed by atoms with E-state index in [0.717, 1.165) is 26.1 Å². The molecule has 2 atom stereocenters. The minimum atomic E-state index is -0.431. The average molecular weight is 350 g/mol. The molecule has 3 aromatic rings. The minimum absolute atomic E-state index is 0.0248. The molecule has 4 rings (SSSR count). The van der Waals surface area contributed by atoms with Crippen molar-refractivity contribution in [1.82, 2.24) is 9.47 Å². The fourth-order valence-electron chi connectivity index (χ4n) is 3.91. The molecular weight excluding hydrogens is 324 g/mol. The predicted octanol–water partition coefficient (Wildman–Crippen LogP) is 2.86. The van der Waals surface area contributed by atoms with E-state index in [1.54, 1.807) is 0 Å². The Hall–Kier alpha value is -2.14. The van der Waals surface area contributed by atoms with Gasteiger partial charge in [0.25, 0.3) is 0 Å². The Morgan fingerprint density at radius 1 is 0.962 bits per heavy atom. The normalized spacial score (nSPS) is 21.3. The molecule has 0 aliphatic carbocycles. The Labute approximate surface area is 154 Å². The van der Waals surface area contributed by atoms with E-state index in [1.807, 2.05) is 6.07 Å². The van der Waals surface area contributed by atoms with Crippen molar-refractivity contribution in [3.8, 4) is 0 Å². The average Bonchev–Trinajstić information content (AvgIpc) is 3.05. The van der Waals surface area contributed by atoms with E-state index in [4.69, 9.17) is 0 Å². The highest BCUT2D eigenvalue weighted by atomic mass is 16.3. The van der Waals surface area contributed by atoms with Crippen molar-refractivity contribution in [2.45, 2.75) is 25.6 Å². The standard InChI is InChI=1S/C22H26N2O2/c25-16-20-8-10-23(15-22(20)26)13-18-6-7-19-9-11-24(21(19)12-18)14-17-4-2-1-3-5-17/h1-7,9,11-12,20,22,25-26H,8,10,13-16H2/t20-,22+/m0/s1. The first-order chi connectivity index (χ1) is 12.7. The van der Waals surface area contributed by atoms with Gasteiger partial charge < -0.3 is 14.8 Å². The van der Waals surface area contributed by atoms with E-state index >= 15 is 0 Å². The van der Waals surface area contributed by atoms with Crippen LogP contribution in [0.25, 0.3) is 10.9 Å². The van der Waals surface area contributed by atoms with Crippen LogP contribution in [0.15, 0.2) is 60.8 Å². The monoisotopic (exact) mass is 350 g/mol. The van der Waals surface area contributed by atoms with Crippen LogP contribution >= 0.6 is 0 Å². The second-order valence-electron chi connectivity index (χ2n) is 7.36. The number of hydrogen-bond acceptors (Lipinski definition) is 3. The van der Waals surface area contributed by atoms with Gasteiger partial charge in [0.05, 0.1) is 6.10 Å². The summed E-state index contributed by atoms with van der Waals surface area (Å²) in [7, 11) is 0. The van der Waals surface area contributed by atoms with Crippen molar-refractivity contribution in [2.24, 2.45) is 5.92 Å². The second kappa shape index (κ2) is 7.62. The Kier molecular flexibility index (Phi) is 5.07. The summed E-state index contributed by atoms with van der Waals surface area (Å²) in [6.45, 7) is 3.34. The molecule has 2 aromatic carbocycles. The molecule has 1 fully saturated rings. The summed E-state index contributed by atoms with van der Waals surface area (Å²) < 4.78 is 2.29. The molecule has 0 amide bonds. The molecule has 0 spiro atoms. The van der Waals surface area contributed by atoms with Crippen molar-refractivity contribution in [1.29, 1.82) is 0 Å². The summed E-state index contributed by atoms with van der Waals surface area (Å²) in [6.07, 6.45) is 2.57. The molecule has 136 valence electrons. The molecule has 4 heteroatoms. The van der Waals surface area contributed by atoms with E-state index < -0.39 is 6.10 Å². The van der Waals surface area contributed by atoms with Crippen molar-refractivity contribution < 1.29 is 10.2 Å². The Morgan fingerprint density at radius 2 is 1.81 bits per heavy atom. The third-order valence-electron chi connectivity index (χ3n) is 5.48. The lowest BCUT2D eigenvalue weighted by Gasteiger charge is -2.35. The number of β-amino-alcohol motifs (C(OH)–C–C–N with tert-alkyl or cyclic N) is 1. The first-order valence-electron chi connectivity index (χ1n) is 9.36. The van der Waals surface area contributed by atoms with Gasteiger partial charge in [-0.15, -0.1) is 0 Å². The highest BCUT2D eigenvalue weighted by Crippen LogP contribution is 2.23. The van der Waals surface area contributed by atoms with Crippen LogP contribution in [0.5, 0.6) is 0 Å². The molecule has 1 aliphatic rings. The number of fused-ring (bicyclic) bond motifs is 1. The number of benzene rings is 2. The lowest BCUT2D eigenvalue weighted by Crippen LogP contribution is -2.44. The van der Waals surface area contributed by atoms with Crippen LogP contribution in [0.2, 0.25) is 0 Å². The molecule has 0 saturated carbocycles. The topological polar surface area (TPSA) is 48.6 Å². The zero-order valence-electron chi connectivity index (χ0n) is 15.0. The van der Waals surface area contributed by atoms with Gasteiger partial charge in [-0.2, -0.15) is 0 Å². The Balaban J connectivity index is 1.51. The van der Waals surface area contributed by atoms with E-state index in [0.29, 0.717) is 6.54 Å². The van der Waals surface area contributed by atoms with Crippen molar-refractivity contribution >= 4 is 10.9 Å². The lowest BCUT2D eigenvalue weighted by atomic mass is 9.94. The maximum atomic E-state index is 10.2. The summed E-state index contributed by atoms with van der Waals surface area (Å²) in [5.74, 6) is 0.0248. The number of nitrogens with zero attached hydrogens (tertiary/aromatic N) is 2. The van der Waals surface area contributed by atoms with E-state index in [1.165, 1.54) is 22.0 Å². The summed E-state index contributed by atoms with van der Waals surface area (Å²) in [4.78, 5) is 2.28. The van der Waals surface area contributed by atoms with Crippen molar-refractivity contribution in [3.63, 3.8) is 0 Å². The highest BCUT2D eigenvalue weighted by molar-refractivity contribution is 5.81. The first-order valence-corrected chi connectivity index (χ1v) is 9.36. The minimum Gasteiger partial charge on any atom is -0.396 e. The van der Waals surface area contributed by atoms with Gasteiger partial charge in [-0.3, -0.25) is 4.90 Å². The van der Waals surface area contributed by atoms with Gasteiger partial charge in [-0.05, 0) is 41.6 Å². The van der Waals surface area contributed by atoms with Crippen molar-refractivity contribution in [3.05, 3.63) is 71.9 Å². The number of aromatic nitrogens is 1. The van der Waals surface area contributed by atoms with Gasteiger partial charge in [0.15, 0.2) is 0 Å². The fraction of sp³-hybridized carbons (Fsp3) is 0.364. The molecule has 0 bridgehead atoms. The van der Waals surface area contributed by atoms with Crippen LogP contribution in [0, 0.1) is 5.92 Å². The van der Waals surface area contributed by atoms with Crippen molar-refractivity contribution in [2.75, 3.05) is 19.7 Å². The SMILES string of the molecule is OC[C@@H]1CCN(Cc2ccc3ccn(Cc4ccccc4)c3c2)C[C@H]1O. The molecule has 1 saturated heterocycles. The Morgan fingerprint density at radius 3 is 2.58 bits per heavy atom. The smallest absolute Gasteiger partial charge is 0.0717 e. The van der Waals surface area contributed by atoms with Gasteiger partial charge in [0.1, 0.15) is 0 Å². The molecule has 2 heterocycles. The van der Waals surface area contributed by atoms with Crippen LogP contribution in [-0.4, -0.2) is 45.5 Å². The van der Waals surface area contributed by atoms with E-state index in [-0.39, 0.29) is 12.5 Å². The number of piperidine rings is 1. The maximum absolute atomic E-state index is 10.2. The number of rotatable bonds is 5. The summed E-state index contributed by atoms with van der Waals surface area (Å²) in [5.41, 5.74) is 3.81. The first kappa shape index (κ1) is 17.3. The molecule has 0 radical (unpaired) electrons. The van der Waals surface area contributed by atoms with Crippen LogP contribution in [0.1, 0.15) is 17.5 Å². The molecule has 26 heavy (non-hydrogen) atoms. The largest absolute Gasteiger partial charge is 0.396 e. The van der Waals surface area contributed by atoms with Crippen LogP contribution in [0.3, 0.4) is 0 Å². The quantitative estimate of drug-likeness (QED) is 0.744. The molecule has 1 aliphatic heterocycles. The van der Waals surface area contributed by atoms with Gasteiger partial charge in [0.2, 0.25) is 0 Å². The molecule has 1 aromatic heterocycles. The van der Waals surface area contributed by atoms with Gasteiger partial charge in [0, 0.05) is 43.9 Å². The zero-order chi connectivity index (χ0) is 17.9. The molecule has 4 nitrogen and oxygen atoms in total. The number of likely N-dealkylation sites (tertiary alicyclic amines) is 1. The molecular formula is C22H26N2O2. The van der Waals surface area contributed by atoms with E-state index in [2.05, 4.69) is 64.2 Å². The summed E-state index contributed by atoms with van der Waals surface area (Å²) in [6, 6.07) is 19.3. The van der Waals surface area contributed by atoms with Gasteiger partial charge in [-0.1, -0.05) is 42.5 Å². The van der Waals surface area contributed by atoms with Crippen LogP contribution < -0.4 is 0 Å². The highest BCUT2D eigenvalue weighted by Gasteiger charge is 2.26. The van der Waals surface area contributed by atoms with Gasteiger partial charge in [-0.25, -0.2) is 0 Å². The fourth-order valence-corrected chi connectivity index (χ4v) is 3.91. The van der Waals surface area contributed by atoms with Crippen LogP contribution in [-0.2, 0) is 13.1 Å². The van der Waals surface area contributed by atoms with Gasteiger partial charge >= 0.3 is 0 Å².